The normalized spacial score (nSPS) is 15.9. The summed E-state index contributed by atoms with van der Waals surface area (Å²) in [4.78, 5) is 0. The Morgan fingerprint density at radius 1 is 0.360 bits per heavy atom. The van der Waals surface area contributed by atoms with Gasteiger partial charge in [0, 0.05) is 43.4 Å². The van der Waals surface area contributed by atoms with Crippen molar-refractivity contribution in [3.05, 3.63) is 146 Å². The van der Waals surface area contributed by atoms with E-state index in [4.69, 9.17) is 0 Å². The van der Waals surface area contributed by atoms with Gasteiger partial charge in [-0.15, -0.1) is 0 Å². The molecule has 2 atom stereocenters. The monoisotopic (exact) mass is 682 g/mol. The average molecular weight is 683 g/mol. The molecule has 1 heterocycles. The topological polar surface area (TPSA) is 24.1 Å². The molecule has 0 saturated carbocycles. The third-order valence-corrected chi connectivity index (χ3v) is 15.8. The molecule has 0 fully saturated rings. The van der Waals surface area contributed by atoms with E-state index in [1.165, 1.54) is 87.1 Å². The maximum absolute atomic E-state index is 4.26. The van der Waals surface area contributed by atoms with Crippen LogP contribution in [0, 0.1) is 0 Å². The van der Waals surface area contributed by atoms with Crippen molar-refractivity contribution in [2.75, 3.05) is 10.6 Å². The molecule has 4 heteroatoms. The number of hydrogen-bond donors (Lipinski definition) is 2. The molecular weight excluding hydrogens is 642 g/mol. The summed E-state index contributed by atoms with van der Waals surface area (Å²) in [5.41, 5.74) is 5.67. The zero-order valence-electron chi connectivity index (χ0n) is 28.9. The Morgan fingerprint density at radius 3 is 1.12 bits per heavy atom. The quantitative estimate of drug-likeness (QED) is 0.177. The standard InChI is InChI=1S/C46H40N2P2/c1-29(2)49-41-23-21-31-13-9-11-19-37(31)45(41)48-46-38-20-12-10-14-32(38)22-24-42(46)50(30(3)4)44-28-36-18-8-6-16-34(36)26-40(44)47-39-25-33-15-5-7-17-35(33)27-43(39)49/h5-30,47-48H,1-4H3. The third kappa shape index (κ3) is 5.25. The maximum Gasteiger partial charge on any atom is 0.0545 e. The van der Waals surface area contributed by atoms with E-state index in [-0.39, 0.29) is 0 Å². The minimum absolute atomic E-state index is 0.396. The van der Waals surface area contributed by atoms with E-state index >= 15 is 0 Å². The Hall–Kier alpha value is -4.74. The van der Waals surface area contributed by atoms with Gasteiger partial charge >= 0.3 is 0 Å². The van der Waals surface area contributed by atoms with E-state index in [9.17, 15) is 0 Å². The molecule has 1 aliphatic heterocycles. The van der Waals surface area contributed by atoms with Crippen molar-refractivity contribution >= 4 is 103 Å². The molecule has 244 valence electrons. The van der Waals surface area contributed by atoms with E-state index < -0.39 is 15.8 Å². The van der Waals surface area contributed by atoms with Crippen LogP contribution in [0.15, 0.2) is 146 Å². The molecule has 1 aliphatic rings. The molecule has 0 aliphatic carbocycles. The molecule has 0 spiro atoms. The van der Waals surface area contributed by atoms with Gasteiger partial charge in [0.05, 0.1) is 11.4 Å². The van der Waals surface area contributed by atoms with E-state index in [0.717, 1.165) is 0 Å². The van der Waals surface area contributed by atoms with E-state index in [0.29, 0.717) is 11.3 Å². The van der Waals surface area contributed by atoms with Crippen LogP contribution in [0.4, 0.5) is 22.7 Å². The molecule has 8 aromatic carbocycles. The Balaban J connectivity index is 1.45. The van der Waals surface area contributed by atoms with Gasteiger partial charge < -0.3 is 10.6 Å². The largest absolute Gasteiger partial charge is 0.354 e. The van der Waals surface area contributed by atoms with Crippen molar-refractivity contribution in [2.45, 2.75) is 39.0 Å². The molecule has 2 N–H and O–H groups in total. The van der Waals surface area contributed by atoms with Crippen LogP contribution in [0.5, 0.6) is 0 Å². The number of benzene rings is 8. The van der Waals surface area contributed by atoms with Crippen molar-refractivity contribution in [1.29, 1.82) is 0 Å². The molecule has 0 aromatic heterocycles. The van der Waals surface area contributed by atoms with Gasteiger partial charge in [-0.25, -0.2) is 0 Å². The summed E-state index contributed by atoms with van der Waals surface area (Å²) in [5.74, 6) is 0. The lowest BCUT2D eigenvalue weighted by Crippen LogP contribution is -2.27. The lowest BCUT2D eigenvalue weighted by Gasteiger charge is -2.33. The Labute approximate surface area is 297 Å². The van der Waals surface area contributed by atoms with Gasteiger partial charge in [-0.3, -0.25) is 0 Å². The highest BCUT2D eigenvalue weighted by molar-refractivity contribution is 7.74. The van der Waals surface area contributed by atoms with Crippen LogP contribution in [-0.4, -0.2) is 11.3 Å². The minimum Gasteiger partial charge on any atom is -0.354 e. The van der Waals surface area contributed by atoms with Crippen molar-refractivity contribution in [3.8, 4) is 0 Å². The van der Waals surface area contributed by atoms with Crippen molar-refractivity contribution in [2.24, 2.45) is 0 Å². The molecule has 9 rings (SSSR count). The van der Waals surface area contributed by atoms with Gasteiger partial charge in [0.15, 0.2) is 0 Å². The summed E-state index contributed by atoms with van der Waals surface area (Å²) in [5, 5.41) is 24.1. The van der Waals surface area contributed by atoms with Crippen LogP contribution in [-0.2, 0) is 0 Å². The fourth-order valence-electron chi connectivity index (χ4n) is 7.88. The molecule has 0 bridgehead atoms. The first-order valence-electron chi connectivity index (χ1n) is 17.7. The van der Waals surface area contributed by atoms with Gasteiger partial charge in [-0.2, -0.15) is 0 Å². The smallest absolute Gasteiger partial charge is 0.0545 e. The van der Waals surface area contributed by atoms with Gasteiger partial charge in [-0.05, 0) is 83.7 Å². The molecular formula is C46H40N2P2. The van der Waals surface area contributed by atoms with Gasteiger partial charge in [0.1, 0.15) is 0 Å². The molecule has 8 aromatic rings. The fourth-order valence-corrected chi connectivity index (χ4v) is 13.2. The van der Waals surface area contributed by atoms with Crippen LogP contribution in [0.25, 0.3) is 43.1 Å². The summed E-state index contributed by atoms with van der Waals surface area (Å²) < 4.78 is 0. The second kappa shape index (κ2) is 12.5. The fraction of sp³-hybridized carbons (Fsp3) is 0.130. The highest BCUT2D eigenvalue weighted by Gasteiger charge is 2.30. The van der Waals surface area contributed by atoms with E-state index in [2.05, 4.69) is 184 Å². The van der Waals surface area contributed by atoms with E-state index in [1.54, 1.807) is 0 Å². The molecule has 0 radical (unpaired) electrons. The van der Waals surface area contributed by atoms with Crippen LogP contribution >= 0.6 is 15.8 Å². The summed E-state index contributed by atoms with van der Waals surface area (Å²) in [7, 11) is -1.60. The lowest BCUT2D eigenvalue weighted by atomic mass is 10.1. The lowest BCUT2D eigenvalue weighted by molar-refractivity contribution is 1.10. The van der Waals surface area contributed by atoms with Crippen molar-refractivity contribution < 1.29 is 0 Å². The number of rotatable bonds is 2. The predicted octanol–water partition coefficient (Wildman–Crippen LogP) is 11.8. The third-order valence-electron chi connectivity index (χ3n) is 10.1. The highest BCUT2D eigenvalue weighted by Crippen LogP contribution is 2.50. The Morgan fingerprint density at radius 2 is 0.720 bits per heavy atom. The second-order valence-electron chi connectivity index (χ2n) is 14.0. The van der Waals surface area contributed by atoms with Crippen molar-refractivity contribution in [3.63, 3.8) is 0 Å². The first kappa shape index (κ1) is 31.3. The van der Waals surface area contributed by atoms with Gasteiger partial charge in [0.2, 0.25) is 0 Å². The maximum atomic E-state index is 4.26. The average Bonchev–Trinajstić information content (AvgIpc) is 3.12. The van der Waals surface area contributed by atoms with Crippen LogP contribution in [0.3, 0.4) is 0 Å². The molecule has 2 unspecified atom stereocenters. The minimum atomic E-state index is -0.801. The summed E-state index contributed by atoms with van der Waals surface area (Å²) in [6.07, 6.45) is 0. The number of nitrogens with one attached hydrogen (secondary N) is 2. The number of anilines is 4. The van der Waals surface area contributed by atoms with E-state index in [1.807, 2.05) is 0 Å². The zero-order chi connectivity index (χ0) is 33.9. The van der Waals surface area contributed by atoms with Crippen LogP contribution in [0.1, 0.15) is 27.7 Å². The number of hydrogen-bond acceptors (Lipinski definition) is 2. The summed E-state index contributed by atoms with van der Waals surface area (Å²) in [6.45, 7) is 9.60. The second-order valence-corrected chi connectivity index (χ2v) is 19.4. The molecule has 0 saturated heterocycles. The Bertz CT molecular complexity index is 2410. The summed E-state index contributed by atoms with van der Waals surface area (Å²) in [6, 6.07) is 54.7. The summed E-state index contributed by atoms with van der Waals surface area (Å²) >= 11 is 0. The predicted molar refractivity (Wildman–Crippen MR) is 225 cm³/mol. The molecule has 50 heavy (non-hydrogen) atoms. The van der Waals surface area contributed by atoms with Crippen LogP contribution in [0.2, 0.25) is 0 Å². The first-order valence-corrected chi connectivity index (χ1v) is 20.5. The SMILES string of the molecule is CC(C)P1c2cc3ccccc3cc2Nc2cc3ccccc3cc2P(C(C)C)c2ccc3ccccc3c2Nc2c1ccc1ccccc21. The molecule has 0 amide bonds. The Kier molecular flexibility index (Phi) is 7.84. The van der Waals surface area contributed by atoms with Gasteiger partial charge in [-0.1, -0.05) is 149 Å². The molecule has 2 nitrogen and oxygen atoms in total. The van der Waals surface area contributed by atoms with Gasteiger partial charge in [0.25, 0.3) is 0 Å². The zero-order valence-corrected chi connectivity index (χ0v) is 30.7. The first-order chi connectivity index (χ1) is 24.4. The number of fused-ring (bicyclic) bond motifs is 10. The van der Waals surface area contributed by atoms with Crippen molar-refractivity contribution in [1.82, 2.24) is 0 Å². The van der Waals surface area contributed by atoms with Crippen LogP contribution < -0.4 is 31.9 Å². The highest BCUT2D eigenvalue weighted by atomic mass is 31.1.